The highest BCUT2D eigenvalue weighted by atomic mass is 16.7. The van der Waals surface area contributed by atoms with E-state index in [0.29, 0.717) is 12.8 Å². The van der Waals surface area contributed by atoms with Gasteiger partial charge in [-0.3, -0.25) is 9.59 Å². The van der Waals surface area contributed by atoms with Gasteiger partial charge in [-0.1, -0.05) is 337 Å². The van der Waals surface area contributed by atoms with Crippen LogP contribution in [-0.2, 0) is 23.8 Å². The van der Waals surface area contributed by atoms with Crippen LogP contribution in [0.15, 0.2) is 85.1 Å². The lowest BCUT2D eigenvalue weighted by Gasteiger charge is -2.41. The molecule has 1 fully saturated rings. The molecule has 0 saturated carbocycles. The lowest BCUT2D eigenvalue weighted by atomic mass is 9.99. The quantitative estimate of drug-likeness (QED) is 0.0195. The van der Waals surface area contributed by atoms with Crippen LogP contribution >= 0.6 is 0 Å². The molecule has 1 rings (SSSR count). The SMILES string of the molecule is CC/C=C\C/C=C\C/C=C\C/C=C\C/C=C\C/C=C\CCCCCCCC(O)C(=O)NC(COC1OC(CO)C(O)C(O)C1OC(=O)CCCCCCCCCCCCCCCCCCCCCCCCC)C(O)/C=C/CCCCCCCCCCCCC. The molecule has 8 unspecified atom stereocenters. The molecule has 0 aromatic rings. The molecule has 516 valence electrons. The highest BCUT2D eigenvalue weighted by Crippen LogP contribution is 2.26. The first-order valence-electron chi connectivity index (χ1n) is 37.4. The number of aliphatic hydroxyl groups excluding tert-OH is 5. The molecule has 6 N–H and O–H groups in total. The maximum absolute atomic E-state index is 13.5. The zero-order valence-corrected chi connectivity index (χ0v) is 57.5. The van der Waals surface area contributed by atoms with E-state index in [1.807, 2.05) is 6.08 Å². The molecular weight excluding hydrogens is 1110 g/mol. The van der Waals surface area contributed by atoms with Crippen LogP contribution in [0.3, 0.4) is 0 Å². The molecule has 1 heterocycles. The van der Waals surface area contributed by atoms with Crippen LogP contribution in [-0.4, -0.2) is 99.6 Å². The first kappa shape index (κ1) is 83.9. The Hall–Kier alpha value is -3.16. The number of aliphatic hydroxyl groups is 5. The van der Waals surface area contributed by atoms with E-state index in [9.17, 15) is 35.1 Å². The zero-order valence-electron chi connectivity index (χ0n) is 57.5. The molecule has 0 spiro atoms. The minimum atomic E-state index is -1.62. The molecule has 0 aromatic heterocycles. The van der Waals surface area contributed by atoms with Crippen LogP contribution in [0.1, 0.15) is 335 Å². The van der Waals surface area contributed by atoms with Crippen molar-refractivity contribution < 1.29 is 49.3 Å². The number of amides is 1. The van der Waals surface area contributed by atoms with Gasteiger partial charge in [-0.25, -0.2) is 0 Å². The third kappa shape index (κ3) is 52.0. The Kier molecular flexibility index (Phi) is 61.2. The van der Waals surface area contributed by atoms with Crippen LogP contribution in [0.25, 0.3) is 0 Å². The van der Waals surface area contributed by atoms with Gasteiger partial charge >= 0.3 is 5.97 Å². The van der Waals surface area contributed by atoms with E-state index in [-0.39, 0.29) is 19.4 Å². The summed E-state index contributed by atoms with van der Waals surface area (Å²) in [7, 11) is 0. The molecule has 0 radical (unpaired) electrons. The molecule has 8 atom stereocenters. The Morgan fingerprint density at radius 2 is 0.809 bits per heavy atom. The van der Waals surface area contributed by atoms with Gasteiger partial charge in [0.2, 0.25) is 5.91 Å². The van der Waals surface area contributed by atoms with Crippen molar-refractivity contribution in [3.05, 3.63) is 85.1 Å². The van der Waals surface area contributed by atoms with Crippen molar-refractivity contribution in [3.8, 4) is 0 Å². The molecule has 89 heavy (non-hydrogen) atoms. The lowest BCUT2D eigenvalue weighted by Crippen LogP contribution is -2.61. The number of ether oxygens (including phenoxy) is 3. The molecule has 0 aliphatic carbocycles. The fourth-order valence-corrected chi connectivity index (χ4v) is 11.5. The predicted octanol–water partition coefficient (Wildman–Crippen LogP) is 19.6. The molecule has 1 saturated heterocycles. The number of esters is 1. The molecule has 1 amide bonds. The van der Waals surface area contributed by atoms with E-state index < -0.39 is 67.4 Å². The molecule has 11 heteroatoms. The van der Waals surface area contributed by atoms with Crippen molar-refractivity contribution in [2.75, 3.05) is 13.2 Å². The molecule has 0 bridgehead atoms. The maximum Gasteiger partial charge on any atom is 0.306 e. The summed E-state index contributed by atoms with van der Waals surface area (Å²) in [6, 6.07) is -1.04. The summed E-state index contributed by atoms with van der Waals surface area (Å²) in [4.78, 5) is 26.7. The van der Waals surface area contributed by atoms with Gasteiger partial charge in [0.05, 0.1) is 25.4 Å². The molecule has 0 aromatic carbocycles. The highest BCUT2D eigenvalue weighted by Gasteiger charge is 2.47. The Bertz CT molecular complexity index is 1780. The summed E-state index contributed by atoms with van der Waals surface area (Å²) < 4.78 is 17.7. The first-order chi connectivity index (χ1) is 43.7. The van der Waals surface area contributed by atoms with Gasteiger partial charge in [-0.05, 0) is 77.0 Å². The van der Waals surface area contributed by atoms with E-state index in [0.717, 1.165) is 109 Å². The molecule has 1 aliphatic heterocycles. The third-order valence-corrected chi connectivity index (χ3v) is 17.3. The van der Waals surface area contributed by atoms with Gasteiger partial charge in [0.15, 0.2) is 12.4 Å². The number of hydrogen-bond donors (Lipinski definition) is 6. The highest BCUT2D eigenvalue weighted by molar-refractivity contribution is 5.80. The molecular formula is C78H139NO10. The van der Waals surface area contributed by atoms with Gasteiger partial charge in [0.25, 0.3) is 0 Å². The van der Waals surface area contributed by atoms with Crippen molar-refractivity contribution in [1.82, 2.24) is 5.32 Å². The number of carbonyl (C=O) groups is 2. The van der Waals surface area contributed by atoms with Crippen LogP contribution in [0.5, 0.6) is 0 Å². The average molecular weight is 1250 g/mol. The molecule has 1 aliphatic rings. The minimum absolute atomic E-state index is 0.123. The average Bonchev–Trinajstić information content (AvgIpc) is 3.11. The number of rotatable bonds is 64. The predicted molar refractivity (Wildman–Crippen MR) is 375 cm³/mol. The van der Waals surface area contributed by atoms with E-state index >= 15 is 0 Å². The van der Waals surface area contributed by atoms with Gasteiger partial charge < -0.3 is 45.1 Å². The second-order valence-electron chi connectivity index (χ2n) is 25.7. The summed E-state index contributed by atoms with van der Waals surface area (Å²) in [5.74, 6) is -1.20. The number of nitrogens with one attached hydrogen (secondary N) is 1. The minimum Gasteiger partial charge on any atom is -0.454 e. The second kappa shape index (κ2) is 64.9. The Balaban J connectivity index is 2.58. The number of allylic oxidation sites excluding steroid dienone is 13. The van der Waals surface area contributed by atoms with Crippen LogP contribution in [0, 0.1) is 0 Å². The van der Waals surface area contributed by atoms with Crippen molar-refractivity contribution >= 4 is 11.9 Å². The third-order valence-electron chi connectivity index (χ3n) is 17.3. The standard InChI is InChI=1S/C78H139NO10/c1-4-7-10-13-16-19-22-25-27-29-31-33-35-37-38-40-42-44-47-50-53-56-59-62-65-71(82)77(86)79-69(70(81)64-61-58-55-52-49-46-24-21-18-15-12-9-6-3)68-87-78-76(75(85)74(84)72(67-80)88-78)89-73(83)66-63-60-57-54-51-48-45-43-41-39-36-34-32-30-28-26-23-20-17-14-11-8-5-2/h7,10,16,19,25,27,31,33,37-38,42,44,61,64,69-72,74-76,78,80-82,84-85H,4-6,8-9,11-15,17-18,20-24,26,28-30,32,34-36,39-41,43,45-60,62-63,65-68H2,1-3H3,(H,79,86)/b10-7-,19-16-,27-25-,33-31-,38-37-,44-42-,64-61+. The number of unbranched alkanes of at least 4 members (excludes halogenated alkanes) is 38. The maximum atomic E-state index is 13.5. The molecule has 11 nitrogen and oxygen atoms in total. The fraction of sp³-hybridized carbons (Fsp3) is 0.795. The Morgan fingerprint density at radius 1 is 0.449 bits per heavy atom. The van der Waals surface area contributed by atoms with Crippen molar-refractivity contribution in [2.45, 2.75) is 384 Å². The van der Waals surface area contributed by atoms with Gasteiger partial charge in [-0.2, -0.15) is 0 Å². The topological polar surface area (TPSA) is 175 Å². The number of hydrogen-bond acceptors (Lipinski definition) is 10. The largest absolute Gasteiger partial charge is 0.454 e. The van der Waals surface area contributed by atoms with E-state index in [4.69, 9.17) is 14.2 Å². The monoisotopic (exact) mass is 1250 g/mol. The summed E-state index contributed by atoms with van der Waals surface area (Å²) in [5, 5.41) is 57.3. The van der Waals surface area contributed by atoms with Gasteiger partial charge in [0, 0.05) is 6.42 Å². The summed E-state index contributed by atoms with van der Waals surface area (Å²) in [6.07, 6.45) is 76.2. The van der Waals surface area contributed by atoms with Crippen LogP contribution in [0.4, 0.5) is 0 Å². The van der Waals surface area contributed by atoms with Gasteiger partial charge in [0.1, 0.15) is 24.4 Å². The van der Waals surface area contributed by atoms with Crippen molar-refractivity contribution in [3.63, 3.8) is 0 Å². The van der Waals surface area contributed by atoms with Crippen LogP contribution in [0.2, 0.25) is 0 Å². The fourth-order valence-electron chi connectivity index (χ4n) is 11.5. The smallest absolute Gasteiger partial charge is 0.306 e. The van der Waals surface area contributed by atoms with Crippen LogP contribution < -0.4 is 5.32 Å². The summed E-state index contributed by atoms with van der Waals surface area (Å²) in [6.45, 7) is 5.72. The Labute approximate surface area is 546 Å². The zero-order chi connectivity index (χ0) is 64.6. The second-order valence-corrected chi connectivity index (χ2v) is 25.7. The normalized spacial score (nSPS) is 18.6. The van der Waals surface area contributed by atoms with Crippen molar-refractivity contribution in [1.29, 1.82) is 0 Å². The summed E-state index contributed by atoms with van der Waals surface area (Å²) in [5.41, 5.74) is 0. The van der Waals surface area contributed by atoms with Gasteiger partial charge in [-0.15, -0.1) is 0 Å². The van der Waals surface area contributed by atoms with E-state index in [1.54, 1.807) is 6.08 Å². The summed E-state index contributed by atoms with van der Waals surface area (Å²) >= 11 is 0. The van der Waals surface area contributed by atoms with Crippen molar-refractivity contribution in [2.24, 2.45) is 0 Å². The number of carbonyl (C=O) groups excluding carboxylic acids is 2. The Morgan fingerprint density at radius 3 is 1.21 bits per heavy atom. The van der Waals surface area contributed by atoms with E-state index in [1.165, 1.54) is 180 Å². The first-order valence-corrected chi connectivity index (χ1v) is 37.4. The lowest BCUT2D eigenvalue weighted by molar-refractivity contribution is -0.305. The van der Waals surface area contributed by atoms with E-state index in [2.05, 4.69) is 99.0 Å².